The Morgan fingerprint density at radius 2 is 1.76 bits per heavy atom. The van der Waals surface area contributed by atoms with Gasteiger partial charge < -0.3 is 14.8 Å². The van der Waals surface area contributed by atoms with E-state index in [0.29, 0.717) is 12.4 Å². The molecule has 0 aliphatic carbocycles. The molecule has 2 atom stereocenters. The SMILES string of the molecule is C[C@@H]1c2nc3ccccc3n2[C@H](CC(=O)Nc2cc(F)ccc2F)C(=O)N1Cc1ccccc1. The summed E-state index contributed by atoms with van der Waals surface area (Å²) >= 11 is 0. The van der Waals surface area contributed by atoms with Crippen molar-refractivity contribution < 1.29 is 18.4 Å². The summed E-state index contributed by atoms with van der Waals surface area (Å²) in [5, 5.41) is 2.41. The van der Waals surface area contributed by atoms with Crippen LogP contribution < -0.4 is 5.32 Å². The fraction of sp³-hybridized carbons (Fsp3) is 0.192. The van der Waals surface area contributed by atoms with E-state index in [1.807, 2.05) is 61.5 Å². The molecular weight excluding hydrogens is 438 g/mol. The lowest BCUT2D eigenvalue weighted by molar-refractivity contribution is -0.142. The Kier molecular flexibility index (Phi) is 5.57. The normalized spacial score (nSPS) is 17.6. The van der Waals surface area contributed by atoms with Crippen LogP contribution in [0.2, 0.25) is 0 Å². The number of carbonyl (C=O) groups excluding carboxylic acids is 2. The van der Waals surface area contributed by atoms with Gasteiger partial charge in [0, 0.05) is 12.6 Å². The standard InChI is InChI=1S/C26H22F2N4O2/c1-16-25-30-20-9-5-6-10-22(20)32(25)23(26(34)31(16)15-17-7-3-2-4-8-17)14-24(33)29-21-13-18(27)11-12-19(21)28/h2-13,16,23H,14-15H2,1H3,(H,29,33)/t16-,23-/m1/s1. The van der Waals surface area contributed by atoms with E-state index in [-0.39, 0.29) is 24.1 Å². The Hall–Kier alpha value is -4.07. The maximum Gasteiger partial charge on any atom is 0.247 e. The van der Waals surface area contributed by atoms with Gasteiger partial charge in [0.05, 0.1) is 29.2 Å². The van der Waals surface area contributed by atoms with Gasteiger partial charge in [-0.2, -0.15) is 0 Å². The van der Waals surface area contributed by atoms with Crippen molar-refractivity contribution in [1.29, 1.82) is 0 Å². The molecule has 34 heavy (non-hydrogen) atoms. The molecule has 4 aromatic rings. The molecule has 172 valence electrons. The molecule has 6 nitrogen and oxygen atoms in total. The van der Waals surface area contributed by atoms with E-state index in [1.54, 1.807) is 9.47 Å². The number of rotatable bonds is 5. The number of aromatic nitrogens is 2. The highest BCUT2D eigenvalue weighted by Gasteiger charge is 2.40. The van der Waals surface area contributed by atoms with Gasteiger partial charge in [0.1, 0.15) is 23.5 Å². The van der Waals surface area contributed by atoms with E-state index in [4.69, 9.17) is 4.98 Å². The predicted molar refractivity (Wildman–Crippen MR) is 124 cm³/mol. The number of imidazole rings is 1. The van der Waals surface area contributed by atoms with Gasteiger partial charge in [-0.15, -0.1) is 0 Å². The van der Waals surface area contributed by atoms with Crippen molar-refractivity contribution in [2.24, 2.45) is 0 Å². The first kappa shape index (κ1) is 21.8. The number of amides is 2. The zero-order valence-corrected chi connectivity index (χ0v) is 18.4. The minimum absolute atomic E-state index is 0.234. The predicted octanol–water partition coefficient (Wildman–Crippen LogP) is 4.99. The van der Waals surface area contributed by atoms with Gasteiger partial charge in [0.15, 0.2) is 0 Å². The number of para-hydroxylation sites is 2. The van der Waals surface area contributed by atoms with E-state index in [0.717, 1.165) is 34.8 Å². The Labute approximate surface area is 194 Å². The molecule has 2 amide bonds. The van der Waals surface area contributed by atoms with Gasteiger partial charge in [-0.25, -0.2) is 13.8 Å². The molecule has 0 fully saturated rings. The van der Waals surface area contributed by atoms with E-state index in [1.165, 1.54) is 0 Å². The second kappa shape index (κ2) is 8.70. The quantitative estimate of drug-likeness (QED) is 0.456. The van der Waals surface area contributed by atoms with Gasteiger partial charge in [-0.3, -0.25) is 9.59 Å². The third-order valence-electron chi connectivity index (χ3n) is 6.12. The molecule has 1 aromatic heterocycles. The molecule has 3 aromatic carbocycles. The maximum absolute atomic E-state index is 14.1. The van der Waals surface area contributed by atoms with Crippen LogP contribution in [-0.2, 0) is 16.1 Å². The molecule has 8 heteroatoms. The number of nitrogens with one attached hydrogen (secondary N) is 1. The lowest BCUT2D eigenvalue weighted by atomic mass is 10.0. The zero-order chi connectivity index (χ0) is 23.8. The molecule has 0 unspecified atom stereocenters. The van der Waals surface area contributed by atoms with E-state index < -0.39 is 23.6 Å². The van der Waals surface area contributed by atoms with Crippen molar-refractivity contribution in [1.82, 2.24) is 14.5 Å². The van der Waals surface area contributed by atoms with Crippen LogP contribution in [0.15, 0.2) is 72.8 Å². The molecule has 0 saturated carbocycles. The second-order valence-electron chi connectivity index (χ2n) is 8.35. The number of hydrogen-bond donors (Lipinski definition) is 1. The molecule has 1 N–H and O–H groups in total. The average Bonchev–Trinajstić information content (AvgIpc) is 3.22. The second-order valence-corrected chi connectivity index (χ2v) is 8.35. The third-order valence-corrected chi connectivity index (χ3v) is 6.12. The highest BCUT2D eigenvalue weighted by molar-refractivity contribution is 5.96. The molecule has 0 saturated heterocycles. The van der Waals surface area contributed by atoms with Gasteiger partial charge in [-0.05, 0) is 36.8 Å². The van der Waals surface area contributed by atoms with Gasteiger partial charge in [0.2, 0.25) is 11.8 Å². The highest BCUT2D eigenvalue weighted by atomic mass is 19.1. The molecular formula is C26H22F2N4O2. The van der Waals surface area contributed by atoms with Gasteiger partial charge in [0.25, 0.3) is 0 Å². The summed E-state index contributed by atoms with van der Waals surface area (Å²) < 4.78 is 29.4. The fourth-order valence-corrected chi connectivity index (χ4v) is 4.46. The number of fused-ring (bicyclic) bond motifs is 3. The molecule has 1 aliphatic rings. The smallest absolute Gasteiger partial charge is 0.247 e. The Morgan fingerprint density at radius 1 is 1.03 bits per heavy atom. The first-order chi connectivity index (χ1) is 16.4. The van der Waals surface area contributed by atoms with E-state index >= 15 is 0 Å². The average molecular weight is 460 g/mol. The van der Waals surface area contributed by atoms with Crippen LogP contribution in [0.4, 0.5) is 14.5 Å². The first-order valence-corrected chi connectivity index (χ1v) is 11.0. The molecule has 2 heterocycles. The lowest BCUT2D eigenvalue weighted by Gasteiger charge is -2.38. The topological polar surface area (TPSA) is 67.2 Å². The number of carbonyl (C=O) groups is 2. The molecule has 0 spiro atoms. The summed E-state index contributed by atoms with van der Waals surface area (Å²) in [5.74, 6) is -1.58. The summed E-state index contributed by atoms with van der Waals surface area (Å²) in [6, 6.07) is 18.7. The number of anilines is 1. The molecule has 1 aliphatic heterocycles. The van der Waals surface area contributed by atoms with E-state index in [2.05, 4.69) is 5.32 Å². The zero-order valence-electron chi connectivity index (χ0n) is 18.4. The molecule has 0 bridgehead atoms. The highest BCUT2D eigenvalue weighted by Crippen LogP contribution is 2.37. The fourth-order valence-electron chi connectivity index (χ4n) is 4.46. The van der Waals surface area contributed by atoms with Crippen LogP contribution in [0.3, 0.4) is 0 Å². The van der Waals surface area contributed by atoms with Crippen LogP contribution in [0.25, 0.3) is 11.0 Å². The van der Waals surface area contributed by atoms with Crippen LogP contribution >= 0.6 is 0 Å². The van der Waals surface area contributed by atoms with Crippen molar-refractivity contribution in [2.75, 3.05) is 5.32 Å². The lowest BCUT2D eigenvalue weighted by Crippen LogP contribution is -2.45. The summed E-state index contributed by atoms with van der Waals surface area (Å²) in [7, 11) is 0. The first-order valence-electron chi connectivity index (χ1n) is 11.0. The Morgan fingerprint density at radius 3 is 2.56 bits per heavy atom. The monoisotopic (exact) mass is 460 g/mol. The van der Waals surface area contributed by atoms with Crippen LogP contribution in [0.5, 0.6) is 0 Å². The summed E-state index contributed by atoms with van der Waals surface area (Å²) in [4.78, 5) is 33.1. The van der Waals surface area contributed by atoms with Gasteiger partial charge >= 0.3 is 0 Å². The largest absolute Gasteiger partial charge is 0.327 e. The number of benzene rings is 3. The number of nitrogens with zero attached hydrogens (tertiary/aromatic N) is 3. The van der Waals surface area contributed by atoms with E-state index in [9.17, 15) is 18.4 Å². The summed E-state index contributed by atoms with van der Waals surface area (Å²) in [6.07, 6.45) is -0.250. The Balaban J connectivity index is 1.51. The van der Waals surface area contributed by atoms with Gasteiger partial charge in [-0.1, -0.05) is 42.5 Å². The molecule has 0 radical (unpaired) electrons. The van der Waals surface area contributed by atoms with Crippen LogP contribution in [0, 0.1) is 11.6 Å². The van der Waals surface area contributed by atoms with Crippen molar-refractivity contribution in [3.63, 3.8) is 0 Å². The summed E-state index contributed by atoms with van der Waals surface area (Å²) in [6.45, 7) is 2.28. The number of hydrogen-bond acceptors (Lipinski definition) is 3. The van der Waals surface area contributed by atoms with Crippen molar-refractivity contribution >= 4 is 28.5 Å². The van der Waals surface area contributed by atoms with Crippen LogP contribution in [0.1, 0.15) is 36.8 Å². The third kappa shape index (κ3) is 3.91. The maximum atomic E-state index is 14.1. The molecule has 5 rings (SSSR count). The van der Waals surface area contributed by atoms with Crippen molar-refractivity contribution in [2.45, 2.75) is 32.0 Å². The minimum atomic E-state index is -0.876. The number of halogens is 2. The summed E-state index contributed by atoms with van der Waals surface area (Å²) in [5.41, 5.74) is 2.16. The van der Waals surface area contributed by atoms with Crippen LogP contribution in [-0.4, -0.2) is 26.3 Å². The van der Waals surface area contributed by atoms with Crippen molar-refractivity contribution in [3.05, 3.63) is 95.8 Å². The minimum Gasteiger partial charge on any atom is -0.327 e. The van der Waals surface area contributed by atoms with Crippen molar-refractivity contribution in [3.8, 4) is 0 Å². The Bertz CT molecular complexity index is 1390.